The highest BCUT2D eigenvalue weighted by Crippen LogP contribution is 2.25. The number of aromatic amines is 2. The van der Waals surface area contributed by atoms with Gasteiger partial charge < -0.3 is 94.6 Å². The van der Waals surface area contributed by atoms with Crippen molar-refractivity contribution in [2.45, 2.75) is 209 Å². The Morgan fingerprint density at radius 2 is 1.05 bits per heavy atom. The summed E-state index contributed by atoms with van der Waals surface area (Å²) in [6.07, 6.45) is -3.36. The molecule has 12 amide bonds. The Labute approximate surface area is 664 Å². The van der Waals surface area contributed by atoms with Crippen LogP contribution in [0.25, 0.3) is 11.0 Å². The standard InChI is InChI=1S/C77H100F2N16O17S2/c1-7-11-51-67(103)87-53(24-25-62(100)101)69(105)88-54(30-42-16-20-48(97)21-17-42)70(106)85-52(12-8-2)68(104)90-58(34-60(78)79)73(109)93-59(65(80)102)39-114-38-45-14-9-13-44(29-45)37-113-28-26-61(99)94-64(77(4,5)6)76(112)92-55(31-43-18-22-49(98)23-19-43)71(107)89-57(33-47-36-81-40-84-47)74(110)95-63(41(3)96)75(111)91-56(72(108)86-51)32-46-35-83-66-50(46)15-10-27-82-66/h9-10,13-23,27,29,35-36,40-41,51-60,63-64,96-98H,7-8,11-12,24-26,28,30-34,37-39H2,1-6H3,(H2,80,102)(H,81,84)(H,82,83)(H,85,106)(H,86,108)(H,87,103)(H,88,105)(H,89,107)(H,90,104)(H,91,111)(H,92,112)(H,93,109)(H,94,99)(H,95,110)(H,100,101)/t41-,51+,52+,53+,54+,55+,56+,57+,58+,59+,63+,64-/m1/s1. The number of thioether (sulfide) groups is 2. The van der Waals surface area contributed by atoms with Gasteiger partial charge >= 0.3 is 5.97 Å². The van der Waals surface area contributed by atoms with E-state index in [0.717, 1.165) is 29.8 Å². The number of alkyl halides is 2. The molecule has 4 heterocycles. The lowest BCUT2D eigenvalue weighted by molar-refractivity contribution is -0.139. The molecular weight excluding hydrogens is 1520 g/mol. The van der Waals surface area contributed by atoms with E-state index in [1.54, 1.807) is 58.9 Å². The Balaban J connectivity index is 1.25. The molecular formula is C77H100F2N16O17S2. The van der Waals surface area contributed by atoms with Crippen LogP contribution >= 0.6 is 23.5 Å². The molecule has 1 aliphatic heterocycles. The van der Waals surface area contributed by atoms with Gasteiger partial charge in [-0.15, -0.1) is 0 Å². The van der Waals surface area contributed by atoms with Crippen molar-refractivity contribution in [1.29, 1.82) is 0 Å². The highest BCUT2D eigenvalue weighted by molar-refractivity contribution is 7.98. The lowest BCUT2D eigenvalue weighted by Gasteiger charge is -2.32. The van der Waals surface area contributed by atoms with E-state index in [0.29, 0.717) is 39.2 Å². The highest BCUT2D eigenvalue weighted by Gasteiger charge is 2.40. The Kier molecular flexibility index (Phi) is 34.5. The molecule has 33 nitrogen and oxygen atoms in total. The number of hydrogen-bond acceptors (Lipinski definition) is 20. The zero-order valence-electron chi connectivity index (χ0n) is 63.9. The number of benzene rings is 3. The number of H-pyrrole nitrogens is 2. The third-order valence-corrected chi connectivity index (χ3v) is 20.6. The first-order valence-corrected chi connectivity index (χ1v) is 39.5. The first-order chi connectivity index (χ1) is 54.2. The highest BCUT2D eigenvalue weighted by atomic mass is 32.2. The minimum atomic E-state index is -3.20. The molecule has 0 saturated heterocycles. The number of carbonyl (C=O) groups is 13. The molecule has 19 N–H and O–H groups in total. The normalized spacial score (nSPS) is 23.2. The molecule has 3 aromatic heterocycles. The van der Waals surface area contributed by atoms with Crippen LogP contribution in [0.1, 0.15) is 126 Å². The molecule has 0 spiro atoms. The van der Waals surface area contributed by atoms with E-state index in [9.17, 15) is 86.7 Å². The van der Waals surface area contributed by atoms with Crippen LogP contribution in [0.4, 0.5) is 8.78 Å². The number of fused-ring (bicyclic) bond motifs is 3. The first kappa shape index (κ1) is 90.0. The fraction of sp³-hybridized carbons (Fsp3) is 0.468. The molecule has 3 aromatic carbocycles. The summed E-state index contributed by atoms with van der Waals surface area (Å²) in [7, 11) is 0. The van der Waals surface area contributed by atoms with Gasteiger partial charge in [-0.05, 0) is 95.8 Å². The molecule has 1 aliphatic rings. The number of hydrogen-bond donors (Lipinski definition) is 18. The Morgan fingerprint density at radius 1 is 0.570 bits per heavy atom. The van der Waals surface area contributed by atoms with Crippen LogP contribution in [0.3, 0.4) is 0 Å². The number of aliphatic hydroxyl groups is 1. The first-order valence-electron chi connectivity index (χ1n) is 37.2. The number of halogens is 2. The fourth-order valence-electron chi connectivity index (χ4n) is 12.3. The van der Waals surface area contributed by atoms with Gasteiger partial charge in [-0.1, -0.05) is 96.0 Å². The second-order valence-corrected chi connectivity index (χ2v) is 30.9. The summed E-state index contributed by atoms with van der Waals surface area (Å²) in [4.78, 5) is 200. The quantitative estimate of drug-likeness (QED) is 0.0550. The summed E-state index contributed by atoms with van der Waals surface area (Å²) in [6, 6.07) is 3.46. The van der Waals surface area contributed by atoms with Crippen LogP contribution in [0.5, 0.6) is 11.5 Å². The van der Waals surface area contributed by atoms with Gasteiger partial charge in [-0.2, -0.15) is 23.5 Å². The average Bonchev–Trinajstić information content (AvgIpc) is 1.56. The second kappa shape index (κ2) is 43.7. The molecule has 12 atom stereocenters. The molecule has 0 saturated carbocycles. The van der Waals surface area contributed by atoms with Crippen LogP contribution < -0.4 is 64.2 Å². The monoisotopic (exact) mass is 1620 g/mol. The number of nitrogens with zero attached hydrogens (tertiary/aromatic N) is 2. The third-order valence-electron chi connectivity index (χ3n) is 18.4. The summed E-state index contributed by atoms with van der Waals surface area (Å²) >= 11 is 2.56. The minimum Gasteiger partial charge on any atom is -0.508 e. The number of carbonyl (C=O) groups excluding carboxylic acids is 12. The molecule has 0 unspecified atom stereocenters. The lowest BCUT2D eigenvalue weighted by atomic mass is 9.85. The number of aromatic nitrogens is 4. The van der Waals surface area contributed by atoms with Crippen molar-refractivity contribution in [2.24, 2.45) is 11.1 Å². The van der Waals surface area contributed by atoms with Gasteiger partial charge in [0.1, 0.15) is 83.6 Å². The molecule has 0 aliphatic carbocycles. The van der Waals surface area contributed by atoms with Crippen molar-refractivity contribution in [3.05, 3.63) is 143 Å². The number of aliphatic hydroxyl groups excluding tert-OH is 1. The SMILES string of the molecule is CCC[C@@H]1NC(=O)[C@H](Cc2ccc(O)cc2)NC(=O)[C@H](CCC(=O)O)NC(=O)[C@H](CCC)NC(=O)[C@H](Cc2c[nH]c3ncccc23)NC(=O)[C@H]([C@@H](C)O)NC(=O)[C@H](Cc2cnc[nH]2)NC(=O)[C@H](Cc2ccc(O)cc2)NC(=O)[C@H](C(C)(C)C)NC(=O)CCSCc2cccc(c2)CSC[C@@H](C(N)=O)NC(=O)[C@H](CC(F)F)NC1=O. The van der Waals surface area contributed by atoms with E-state index in [-0.39, 0.29) is 80.1 Å². The van der Waals surface area contributed by atoms with Gasteiger partial charge in [0.15, 0.2) is 0 Å². The van der Waals surface area contributed by atoms with E-state index < -0.39 is 187 Å². The van der Waals surface area contributed by atoms with Crippen LogP contribution in [-0.4, -0.2) is 208 Å². The number of pyridine rings is 1. The number of primary amides is 1. The summed E-state index contributed by atoms with van der Waals surface area (Å²) in [6.45, 7) is 9.51. The summed E-state index contributed by atoms with van der Waals surface area (Å²) in [5, 5.41) is 70.4. The number of aromatic hydroxyl groups is 2. The number of aliphatic carboxylic acids is 1. The predicted octanol–water partition coefficient (Wildman–Crippen LogP) is 1.90. The number of carboxylic acid groups (broad SMARTS) is 1. The molecule has 2 bridgehead atoms. The smallest absolute Gasteiger partial charge is 0.303 e. The van der Waals surface area contributed by atoms with E-state index in [1.165, 1.54) is 85.2 Å². The maximum absolute atomic E-state index is 15.0. The maximum atomic E-state index is 15.0. The maximum Gasteiger partial charge on any atom is 0.303 e. The Bertz CT molecular complexity index is 4300. The van der Waals surface area contributed by atoms with Crippen molar-refractivity contribution in [3.63, 3.8) is 0 Å². The summed E-state index contributed by atoms with van der Waals surface area (Å²) in [5.74, 6) is -13.2. The third kappa shape index (κ3) is 28.5. The Hall–Kier alpha value is -11.2. The van der Waals surface area contributed by atoms with Gasteiger partial charge in [0.25, 0.3) is 0 Å². The molecule has 0 radical (unpaired) electrons. The number of nitrogens with two attached hydrogens (primary N) is 1. The van der Waals surface area contributed by atoms with Crippen molar-refractivity contribution < 1.29 is 91.5 Å². The molecule has 37 heteroatoms. The van der Waals surface area contributed by atoms with Gasteiger partial charge in [0, 0.05) is 97.6 Å². The van der Waals surface area contributed by atoms with Crippen molar-refractivity contribution >= 4 is 111 Å². The zero-order chi connectivity index (χ0) is 83.3. The Morgan fingerprint density at radius 3 is 1.56 bits per heavy atom. The van der Waals surface area contributed by atoms with E-state index in [4.69, 9.17) is 5.73 Å². The fourth-order valence-corrected chi connectivity index (χ4v) is 14.2. The van der Waals surface area contributed by atoms with Crippen molar-refractivity contribution in [1.82, 2.24) is 78.4 Å². The number of imidazole rings is 1. The van der Waals surface area contributed by atoms with Crippen LogP contribution in [-0.2, 0) is 99.5 Å². The van der Waals surface area contributed by atoms with Gasteiger partial charge in [0.05, 0.1) is 12.4 Å². The predicted molar refractivity (Wildman–Crippen MR) is 418 cm³/mol. The molecule has 114 heavy (non-hydrogen) atoms. The number of phenols is 2. The minimum absolute atomic E-state index is 0.0668. The number of carboxylic acids is 1. The van der Waals surface area contributed by atoms with Crippen molar-refractivity contribution in [3.8, 4) is 11.5 Å². The number of amides is 12. The van der Waals surface area contributed by atoms with E-state index in [1.807, 2.05) is 12.1 Å². The van der Waals surface area contributed by atoms with E-state index in [2.05, 4.69) is 78.4 Å². The van der Waals surface area contributed by atoms with Crippen LogP contribution in [0, 0.1) is 5.41 Å². The van der Waals surface area contributed by atoms with E-state index >= 15 is 4.79 Å². The second-order valence-electron chi connectivity index (χ2n) is 28.8. The lowest BCUT2D eigenvalue weighted by Crippen LogP contribution is -2.63. The van der Waals surface area contributed by atoms with Gasteiger partial charge in [0.2, 0.25) is 77.3 Å². The average molecular weight is 1620 g/mol. The molecule has 7 rings (SSSR count). The molecule has 0 fully saturated rings. The number of phenolic OH excluding ortho intramolecular Hbond substituents is 2. The zero-order valence-corrected chi connectivity index (χ0v) is 65.5. The van der Waals surface area contributed by atoms with Crippen LogP contribution in [0.2, 0.25) is 0 Å². The number of nitrogens with one attached hydrogen (secondary N) is 13. The summed E-state index contributed by atoms with van der Waals surface area (Å²) < 4.78 is 28.7. The van der Waals surface area contributed by atoms with Crippen LogP contribution in [0.15, 0.2) is 110 Å². The molecule has 616 valence electrons. The van der Waals surface area contributed by atoms with Gasteiger partial charge in [-0.3, -0.25) is 62.3 Å². The van der Waals surface area contributed by atoms with Crippen molar-refractivity contribution in [2.75, 3.05) is 11.5 Å². The summed E-state index contributed by atoms with van der Waals surface area (Å²) in [5.41, 5.74) is 8.15. The largest absolute Gasteiger partial charge is 0.508 e. The molecule has 6 aromatic rings. The number of rotatable bonds is 19. The van der Waals surface area contributed by atoms with Gasteiger partial charge in [-0.25, -0.2) is 18.7 Å². The topological polar surface area (TPSA) is 519 Å².